The van der Waals surface area contributed by atoms with Crippen molar-refractivity contribution in [1.82, 2.24) is 15.3 Å². The summed E-state index contributed by atoms with van der Waals surface area (Å²) in [5.74, 6) is 3.54. The van der Waals surface area contributed by atoms with E-state index in [0.717, 1.165) is 30.5 Å². The van der Waals surface area contributed by atoms with Crippen LogP contribution in [0.25, 0.3) is 0 Å². The Morgan fingerprint density at radius 1 is 0.969 bits per heavy atom. The van der Waals surface area contributed by atoms with Gasteiger partial charge >= 0.3 is 0 Å². The molecule has 3 aromatic rings. The summed E-state index contributed by atoms with van der Waals surface area (Å²) in [7, 11) is 0. The monoisotopic (exact) mass is 431 g/mol. The van der Waals surface area contributed by atoms with Crippen molar-refractivity contribution in [3.63, 3.8) is 0 Å². The molecule has 2 heterocycles. The molecule has 1 fully saturated rings. The Labute approximate surface area is 188 Å². The Hall–Kier alpha value is -3.61. The maximum atomic E-state index is 12.7. The zero-order valence-electron chi connectivity index (χ0n) is 18.4. The number of hydrogen-bond acceptors (Lipinski definition) is 6. The van der Waals surface area contributed by atoms with Gasteiger partial charge in [-0.25, -0.2) is 9.97 Å². The van der Waals surface area contributed by atoms with E-state index in [-0.39, 0.29) is 5.91 Å². The first kappa shape index (κ1) is 21.6. The molecule has 1 aromatic heterocycles. The molecule has 4 rings (SSSR count). The van der Waals surface area contributed by atoms with Gasteiger partial charge in [0, 0.05) is 32.2 Å². The van der Waals surface area contributed by atoms with E-state index in [4.69, 9.17) is 4.74 Å². The minimum absolute atomic E-state index is 0.175. The van der Waals surface area contributed by atoms with E-state index < -0.39 is 0 Å². The van der Waals surface area contributed by atoms with Gasteiger partial charge in [0.2, 0.25) is 0 Å². The molecule has 32 heavy (non-hydrogen) atoms. The topological polar surface area (TPSA) is 79.4 Å². The first-order valence-electron chi connectivity index (χ1n) is 11.1. The van der Waals surface area contributed by atoms with Crippen molar-refractivity contribution >= 4 is 17.5 Å². The number of hydrogen-bond donors (Lipinski definition) is 2. The number of nitrogens with one attached hydrogen (secondary N) is 2. The summed E-state index contributed by atoms with van der Waals surface area (Å²) >= 11 is 0. The summed E-state index contributed by atoms with van der Waals surface area (Å²) in [4.78, 5) is 24.1. The van der Waals surface area contributed by atoms with Gasteiger partial charge in [-0.3, -0.25) is 4.79 Å². The molecule has 0 aliphatic carbocycles. The number of benzene rings is 2. The SMILES string of the molecule is Cc1nc(NCCNC(=O)c2ccccc2Oc2ccccc2)cc(N2CCCCC2)n1. The highest BCUT2D eigenvalue weighted by atomic mass is 16.5. The van der Waals surface area contributed by atoms with Gasteiger partial charge < -0.3 is 20.3 Å². The molecule has 0 saturated carbocycles. The average molecular weight is 432 g/mol. The van der Waals surface area contributed by atoms with E-state index >= 15 is 0 Å². The Kier molecular flexibility index (Phi) is 7.17. The van der Waals surface area contributed by atoms with Crippen molar-refractivity contribution in [3.8, 4) is 11.5 Å². The minimum atomic E-state index is -0.175. The van der Waals surface area contributed by atoms with Gasteiger partial charge in [-0.1, -0.05) is 30.3 Å². The molecule has 7 nitrogen and oxygen atoms in total. The number of carbonyl (C=O) groups excluding carboxylic acids is 1. The number of anilines is 2. The van der Waals surface area contributed by atoms with Crippen LogP contribution in [0.5, 0.6) is 11.5 Å². The van der Waals surface area contributed by atoms with E-state index in [1.54, 1.807) is 12.1 Å². The normalized spacial score (nSPS) is 13.5. The Bertz CT molecular complexity index is 1040. The van der Waals surface area contributed by atoms with Gasteiger partial charge in [-0.2, -0.15) is 0 Å². The molecule has 7 heteroatoms. The molecule has 166 valence electrons. The summed E-state index contributed by atoms with van der Waals surface area (Å²) in [6, 6.07) is 18.7. The first-order valence-corrected chi connectivity index (χ1v) is 11.1. The largest absolute Gasteiger partial charge is 0.457 e. The number of nitrogens with zero attached hydrogens (tertiary/aromatic N) is 3. The number of carbonyl (C=O) groups is 1. The van der Waals surface area contributed by atoms with Crippen LogP contribution < -0.4 is 20.3 Å². The molecule has 1 aliphatic rings. The molecule has 1 saturated heterocycles. The molecule has 1 aliphatic heterocycles. The Morgan fingerprint density at radius 3 is 2.53 bits per heavy atom. The number of aromatic nitrogens is 2. The fourth-order valence-electron chi connectivity index (χ4n) is 3.75. The highest BCUT2D eigenvalue weighted by molar-refractivity contribution is 5.97. The van der Waals surface area contributed by atoms with Crippen LogP contribution in [0, 0.1) is 6.92 Å². The zero-order valence-corrected chi connectivity index (χ0v) is 18.4. The standard InChI is InChI=1S/C25H29N5O2/c1-19-28-23(18-24(29-19)30-16-8-3-9-17-30)26-14-15-27-25(31)21-12-6-7-13-22(21)32-20-10-4-2-5-11-20/h2,4-7,10-13,18H,3,8-9,14-17H2,1H3,(H,27,31)(H,26,28,29). The summed E-state index contributed by atoms with van der Waals surface area (Å²) in [6.45, 7) is 5.00. The van der Waals surface area contributed by atoms with Gasteiger partial charge in [-0.15, -0.1) is 0 Å². The van der Waals surface area contributed by atoms with Crippen LogP contribution in [0.1, 0.15) is 35.4 Å². The third-order valence-electron chi connectivity index (χ3n) is 5.32. The van der Waals surface area contributed by atoms with Crippen LogP contribution >= 0.6 is 0 Å². The second-order valence-corrected chi connectivity index (χ2v) is 7.80. The molecule has 1 amide bonds. The van der Waals surface area contributed by atoms with E-state index in [9.17, 15) is 4.79 Å². The van der Waals surface area contributed by atoms with Gasteiger partial charge in [0.25, 0.3) is 5.91 Å². The molecular formula is C25H29N5O2. The van der Waals surface area contributed by atoms with E-state index in [2.05, 4.69) is 25.5 Å². The smallest absolute Gasteiger partial charge is 0.255 e. The van der Waals surface area contributed by atoms with Crippen molar-refractivity contribution < 1.29 is 9.53 Å². The molecule has 2 aromatic carbocycles. The second-order valence-electron chi connectivity index (χ2n) is 7.80. The van der Waals surface area contributed by atoms with Crippen LogP contribution in [0.15, 0.2) is 60.7 Å². The molecule has 0 spiro atoms. The Balaban J connectivity index is 1.32. The van der Waals surface area contributed by atoms with Gasteiger partial charge in [0.05, 0.1) is 5.56 Å². The highest BCUT2D eigenvalue weighted by Gasteiger charge is 2.14. The zero-order chi connectivity index (χ0) is 22.2. The summed E-state index contributed by atoms with van der Waals surface area (Å²) < 4.78 is 5.89. The molecule has 0 unspecified atom stereocenters. The lowest BCUT2D eigenvalue weighted by atomic mass is 10.1. The van der Waals surface area contributed by atoms with Crippen molar-refractivity contribution in [2.24, 2.45) is 0 Å². The number of para-hydroxylation sites is 2. The minimum Gasteiger partial charge on any atom is -0.457 e. The van der Waals surface area contributed by atoms with Crippen molar-refractivity contribution in [2.45, 2.75) is 26.2 Å². The third kappa shape index (κ3) is 5.75. The summed E-state index contributed by atoms with van der Waals surface area (Å²) in [6.07, 6.45) is 3.69. The lowest BCUT2D eigenvalue weighted by molar-refractivity contribution is 0.0953. The number of amides is 1. The maximum Gasteiger partial charge on any atom is 0.255 e. The molecular weight excluding hydrogens is 402 g/mol. The number of ether oxygens (including phenoxy) is 1. The lowest BCUT2D eigenvalue weighted by Gasteiger charge is -2.28. The Morgan fingerprint density at radius 2 is 1.72 bits per heavy atom. The second kappa shape index (κ2) is 10.6. The predicted octanol–water partition coefficient (Wildman–Crippen LogP) is 4.41. The van der Waals surface area contributed by atoms with Crippen LogP contribution in [-0.4, -0.2) is 42.1 Å². The summed E-state index contributed by atoms with van der Waals surface area (Å²) in [5.41, 5.74) is 0.501. The van der Waals surface area contributed by atoms with Crippen LogP contribution in [-0.2, 0) is 0 Å². The number of rotatable bonds is 8. The van der Waals surface area contributed by atoms with Crippen LogP contribution in [0.3, 0.4) is 0 Å². The van der Waals surface area contributed by atoms with E-state index in [1.807, 2.05) is 55.5 Å². The number of aryl methyl sites for hydroxylation is 1. The summed E-state index contributed by atoms with van der Waals surface area (Å²) in [5, 5.41) is 6.26. The van der Waals surface area contributed by atoms with Crippen LogP contribution in [0.2, 0.25) is 0 Å². The molecule has 0 atom stereocenters. The van der Waals surface area contributed by atoms with E-state index in [0.29, 0.717) is 30.2 Å². The van der Waals surface area contributed by atoms with Crippen molar-refractivity contribution in [2.75, 3.05) is 36.4 Å². The fourth-order valence-corrected chi connectivity index (χ4v) is 3.75. The molecule has 0 bridgehead atoms. The van der Waals surface area contributed by atoms with Gasteiger partial charge in [-0.05, 0) is 50.5 Å². The van der Waals surface area contributed by atoms with Crippen molar-refractivity contribution in [3.05, 3.63) is 72.1 Å². The quantitative estimate of drug-likeness (QED) is 0.515. The maximum absolute atomic E-state index is 12.7. The predicted molar refractivity (Wildman–Crippen MR) is 127 cm³/mol. The van der Waals surface area contributed by atoms with Crippen molar-refractivity contribution in [1.29, 1.82) is 0 Å². The van der Waals surface area contributed by atoms with Gasteiger partial charge in [0.15, 0.2) is 0 Å². The van der Waals surface area contributed by atoms with Gasteiger partial charge in [0.1, 0.15) is 29.0 Å². The van der Waals surface area contributed by atoms with E-state index in [1.165, 1.54) is 19.3 Å². The molecule has 0 radical (unpaired) electrons. The third-order valence-corrected chi connectivity index (χ3v) is 5.32. The first-order chi connectivity index (χ1) is 15.7. The average Bonchev–Trinajstić information content (AvgIpc) is 2.83. The number of piperidine rings is 1. The highest BCUT2D eigenvalue weighted by Crippen LogP contribution is 2.25. The fraction of sp³-hybridized carbons (Fsp3) is 0.320. The van der Waals surface area contributed by atoms with Crippen LogP contribution in [0.4, 0.5) is 11.6 Å². The molecule has 2 N–H and O–H groups in total. The lowest BCUT2D eigenvalue weighted by Crippen LogP contribution is -2.31.